The molecule has 23 heavy (non-hydrogen) atoms. The Morgan fingerprint density at radius 2 is 1.48 bits per heavy atom. The average molecular weight is 316 g/mol. The van der Waals surface area contributed by atoms with Crippen LogP contribution < -0.4 is 10.9 Å². The lowest BCUT2D eigenvalue weighted by atomic mass is 10.1. The molecule has 2 N–H and O–H groups in total. The van der Waals surface area contributed by atoms with E-state index in [1.807, 2.05) is 43.3 Å². The summed E-state index contributed by atoms with van der Waals surface area (Å²) in [6, 6.07) is 17.0. The Bertz CT molecular complexity index is 841. The molecule has 0 aliphatic carbocycles. The molecule has 0 atom stereocenters. The van der Waals surface area contributed by atoms with Gasteiger partial charge in [-0.3, -0.25) is 5.43 Å². The summed E-state index contributed by atoms with van der Waals surface area (Å²) in [6.07, 6.45) is -4.40. The molecule has 0 aliphatic rings. The molecule has 0 spiro atoms. The van der Waals surface area contributed by atoms with Crippen LogP contribution in [0.15, 0.2) is 60.7 Å². The fourth-order valence-corrected chi connectivity index (χ4v) is 2.52. The number of alkyl halides is 3. The molecule has 0 fully saturated rings. The second-order valence-electron chi connectivity index (χ2n) is 5.27. The summed E-state index contributed by atoms with van der Waals surface area (Å²) in [5.74, 6) is 0. The number of halogens is 3. The molecule has 0 bridgehead atoms. The number of nitrogens with one attached hydrogen (secondary N) is 2. The van der Waals surface area contributed by atoms with E-state index in [0.29, 0.717) is 0 Å². The van der Waals surface area contributed by atoms with E-state index in [9.17, 15) is 13.2 Å². The number of hydrazine groups is 1. The Morgan fingerprint density at radius 3 is 2.26 bits per heavy atom. The van der Waals surface area contributed by atoms with Crippen molar-refractivity contribution in [3.05, 3.63) is 71.8 Å². The number of aryl methyl sites for hydroxylation is 1. The first-order valence-corrected chi connectivity index (χ1v) is 7.13. The minimum atomic E-state index is -4.40. The first-order chi connectivity index (χ1) is 11.0. The highest BCUT2D eigenvalue weighted by molar-refractivity contribution is 5.95. The second kappa shape index (κ2) is 5.83. The monoisotopic (exact) mass is 316 g/mol. The Labute approximate surface area is 131 Å². The van der Waals surface area contributed by atoms with Gasteiger partial charge in [-0.2, -0.15) is 13.2 Å². The van der Waals surface area contributed by atoms with Crippen LogP contribution in [-0.2, 0) is 6.18 Å². The van der Waals surface area contributed by atoms with Crippen molar-refractivity contribution in [2.24, 2.45) is 0 Å². The highest BCUT2D eigenvalue weighted by atomic mass is 19.4. The third-order valence-electron chi connectivity index (χ3n) is 3.69. The van der Waals surface area contributed by atoms with E-state index in [4.69, 9.17) is 0 Å². The van der Waals surface area contributed by atoms with Crippen LogP contribution in [0.1, 0.15) is 11.1 Å². The van der Waals surface area contributed by atoms with Crippen LogP contribution >= 0.6 is 0 Å². The zero-order valence-corrected chi connectivity index (χ0v) is 12.4. The quantitative estimate of drug-likeness (QED) is 0.614. The summed E-state index contributed by atoms with van der Waals surface area (Å²) in [4.78, 5) is 0. The molecule has 0 amide bonds. The fourth-order valence-electron chi connectivity index (χ4n) is 2.52. The highest BCUT2D eigenvalue weighted by Crippen LogP contribution is 2.35. The predicted octanol–water partition coefficient (Wildman–Crippen LogP) is 5.61. The van der Waals surface area contributed by atoms with Crippen LogP contribution in [0.5, 0.6) is 0 Å². The average Bonchev–Trinajstić information content (AvgIpc) is 2.53. The summed E-state index contributed by atoms with van der Waals surface area (Å²) in [6.45, 7) is 1.91. The molecule has 0 aliphatic heterocycles. The van der Waals surface area contributed by atoms with E-state index >= 15 is 0 Å². The molecule has 118 valence electrons. The van der Waals surface area contributed by atoms with Crippen molar-refractivity contribution >= 4 is 22.1 Å². The van der Waals surface area contributed by atoms with Crippen LogP contribution in [0.25, 0.3) is 10.8 Å². The Kier molecular flexibility index (Phi) is 3.86. The zero-order valence-electron chi connectivity index (χ0n) is 12.4. The molecule has 3 aromatic rings. The molecule has 0 radical (unpaired) electrons. The number of fused-ring (bicyclic) bond motifs is 1. The third kappa shape index (κ3) is 3.08. The van der Waals surface area contributed by atoms with Crippen molar-refractivity contribution in [1.29, 1.82) is 0 Å². The maximum absolute atomic E-state index is 13.0. The van der Waals surface area contributed by atoms with Gasteiger partial charge in [0.1, 0.15) is 0 Å². The molecule has 2 nitrogen and oxygen atoms in total. The fraction of sp³-hybridized carbons (Fsp3) is 0.111. The van der Waals surface area contributed by atoms with Gasteiger partial charge in [0, 0.05) is 5.39 Å². The Hall–Kier alpha value is -2.69. The van der Waals surface area contributed by atoms with Gasteiger partial charge in [-0.1, -0.05) is 48.5 Å². The van der Waals surface area contributed by atoms with Crippen molar-refractivity contribution < 1.29 is 13.2 Å². The number of rotatable bonds is 3. The summed E-state index contributed by atoms with van der Waals surface area (Å²) >= 11 is 0. The van der Waals surface area contributed by atoms with Crippen LogP contribution in [-0.4, -0.2) is 0 Å². The van der Waals surface area contributed by atoms with Crippen LogP contribution in [0.4, 0.5) is 24.5 Å². The van der Waals surface area contributed by atoms with Gasteiger partial charge in [0.15, 0.2) is 0 Å². The molecule has 3 aromatic carbocycles. The molecule has 5 heteroatoms. The molecule has 0 unspecified atom stereocenters. The lowest BCUT2D eigenvalue weighted by Gasteiger charge is -2.18. The predicted molar refractivity (Wildman–Crippen MR) is 87.4 cm³/mol. The van der Waals surface area contributed by atoms with Crippen molar-refractivity contribution in [3.63, 3.8) is 0 Å². The minimum Gasteiger partial charge on any atom is -0.300 e. The van der Waals surface area contributed by atoms with Gasteiger partial charge < -0.3 is 5.43 Å². The van der Waals surface area contributed by atoms with Crippen molar-refractivity contribution in [1.82, 2.24) is 0 Å². The number of benzene rings is 3. The minimum absolute atomic E-state index is 0.00710. The third-order valence-corrected chi connectivity index (χ3v) is 3.69. The molecule has 0 aromatic heterocycles. The summed E-state index contributed by atoms with van der Waals surface area (Å²) in [7, 11) is 0. The number of para-hydroxylation sites is 1. The lowest BCUT2D eigenvalue weighted by molar-refractivity contribution is -0.136. The molecule has 0 saturated heterocycles. The summed E-state index contributed by atoms with van der Waals surface area (Å²) < 4.78 is 39.1. The molecule has 0 saturated carbocycles. The van der Waals surface area contributed by atoms with Crippen molar-refractivity contribution in [3.8, 4) is 0 Å². The van der Waals surface area contributed by atoms with Gasteiger partial charge in [-0.05, 0) is 30.0 Å². The Morgan fingerprint density at radius 1 is 0.783 bits per heavy atom. The van der Waals surface area contributed by atoms with Crippen LogP contribution in [0.2, 0.25) is 0 Å². The SMILES string of the molecule is Cc1ccc2ccccc2c1NNc1ccccc1C(F)(F)F. The van der Waals surface area contributed by atoms with E-state index in [2.05, 4.69) is 10.9 Å². The van der Waals surface area contributed by atoms with Crippen molar-refractivity contribution in [2.45, 2.75) is 13.1 Å². The van der Waals surface area contributed by atoms with E-state index in [1.54, 1.807) is 6.07 Å². The maximum Gasteiger partial charge on any atom is 0.418 e. The topological polar surface area (TPSA) is 24.1 Å². The number of hydrogen-bond donors (Lipinski definition) is 2. The lowest BCUT2D eigenvalue weighted by Crippen LogP contribution is -2.15. The Balaban J connectivity index is 1.95. The largest absolute Gasteiger partial charge is 0.418 e. The van der Waals surface area contributed by atoms with E-state index in [0.717, 1.165) is 28.1 Å². The van der Waals surface area contributed by atoms with Gasteiger partial charge >= 0.3 is 6.18 Å². The summed E-state index contributed by atoms with van der Waals surface area (Å²) in [5, 5.41) is 1.97. The van der Waals surface area contributed by atoms with Crippen LogP contribution in [0, 0.1) is 6.92 Å². The normalized spacial score (nSPS) is 11.5. The van der Waals surface area contributed by atoms with Crippen LogP contribution in [0.3, 0.4) is 0 Å². The molecule has 3 rings (SSSR count). The second-order valence-corrected chi connectivity index (χ2v) is 5.27. The van der Waals surface area contributed by atoms with Gasteiger partial charge in [-0.15, -0.1) is 0 Å². The summed E-state index contributed by atoms with van der Waals surface area (Å²) in [5.41, 5.74) is 6.63. The van der Waals surface area contributed by atoms with E-state index < -0.39 is 11.7 Å². The highest BCUT2D eigenvalue weighted by Gasteiger charge is 2.33. The smallest absolute Gasteiger partial charge is 0.300 e. The van der Waals surface area contributed by atoms with Crippen molar-refractivity contribution in [2.75, 3.05) is 10.9 Å². The molecular weight excluding hydrogens is 301 g/mol. The maximum atomic E-state index is 13.0. The first kappa shape index (κ1) is 15.2. The number of anilines is 2. The first-order valence-electron chi connectivity index (χ1n) is 7.13. The van der Waals surface area contributed by atoms with Gasteiger partial charge in [-0.25, -0.2) is 0 Å². The standard InChI is InChI=1S/C18H15F3N2/c1-12-10-11-13-6-2-3-7-14(13)17(12)23-22-16-9-5-4-8-15(16)18(19,20)21/h2-11,22-23H,1H3. The van der Waals surface area contributed by atoms with Gasteiger partial charge in [0.05, 0.1) is 16.9 Å². The molecule has 0 heterocycles. The van der Waals surface area contributed by atoms with E-state index in [1.165, 1.54) is 12.1 Å². The van der Waals surface area contributed by atoms with E-state index in [-0.39, 0.29) is 5.69 Å². The zero-order chi connectivity index (χ0) is 16.4. The number of hydrogen-bond acceptors (Lipinski definition) is 2. The molecular formula is C18H15F3N2. The van der Waals surface area contributed by atoms with Gasteiger partial charge in [0.2, 0.25) is 0 Å². The van der Waals surface area contributed by atoms with Gasteiger partial charge in [0.25, 0.3) is 0 Å².